The Hall–Kier alpha value is -2.15. The third-order valence-corrected chi connectivity index (χ3v) is 4.24. The fourth-order valence-electron chi connectivity index (χ4n) is 2.82. The summed E-state index contributed by atoms with van der Waals surface area (Å²) in [4.78, 5) is 27.0. The minimum atomic E-state index is -0.391. The highest BCUT2D eigenvalue weighted by Crippen LogP contribution is 2.17. The predicted octanol–water partition coefficient (Wildman–Crippen LogP) is 1.93. The fraction of sp³-hybridized carbons (Fsp3) is 0.529. The fourth-order valence-corrected chi connectivity index (χ4v) is 2.82. The molecule has 1 aromatic rings. The third kappa shape index (κ3) is 5.49. The van der Waals surface area contributed by atoms with E-state index in [9.17, 15) is 14.0 Å². The van der Waals surface area contributed by atoms with Crippen molar-refractivity contribution in [2.45, 2.75) is 32.1 Å². The van der Waals surface area contributed by atoms with Crippen molar-refractivity contribution in [2.24, 2.45) is 0 Å². The number of halogens is 1. The van der Waals surface area contributed by atoms with Crippen LogP contribution >= 0.6 is 0 Å². The van der Waals surface area contributed by atoms with Crippen LogP contribution in [0.5, 0.6) is 0 Å². The average molecular weight is 337 g/mol. The summed E-state index contributed by atoms with van der Waals surface area (Å²) < 4.78 is 13.0. The largest absolute Gasteiger partial charge is 0.368 e. The highest BCUT2D eigenvalue weighted by Gasteiger charge is 2.20. The molecule has 2 rings (SSSR count). The summed E-state index contributed by atoms with van der Waals surface area (Å²) in [7, 11) is 0. The summed E-state index contributed by atoms with van der Waals surface area (Å²) in [6, 6.07) is 6.42. The van der Waals surface area contributed by atoms with Crippen LogP contribution in [0.4, 0.5) is 10.1 Å². The summed E-state index contributed by atoms with van der Waals surface area (Å²) in [6.07, 6.45) is 2.96. The standard InChI is InChI=1S/C17H24FN3O3/c18-14-6-8-15(9-7-14)20-10-12-21(13-11-20)17(23)5-3-1-2-4-16(22)19-24/h6-9,24H,1-5,10-13H2,(H,19,22). The molecule has 0 atom stereocenters. The minimum absolute atomic E-state index is 0.139. The van der Waals surface area contributed by atoms with Crippen molar-refractivity contribution in [3.63, 3.8) is 0 Å². The lowest BCUT2D eigenvalue weighted by atomic mass is 10.1. The number of hydrogen-bond acceptors (Lipinski definition) is 4. The van der Waals surface area contributed by atoms with E-state index in [-0.39, 0.29) is 18.1 Å². The molecule has 1 saturated heterocycles. The molecule has 1 fully saturated rings. The van der Waals surface area contributed by atoms with Gasteiger partial charge in [-0.25, -0.2) is 9.87 Å². The highest BCUT2D eigenvalue weighted by molar-refractivity contribution is 5.76. The Labute approximate surface area is 141 Å². The lowest BCUT2D eigenvalue weighted by molar-refractivity contribution is -0.131. The molecule has 132 valence electrons. The number of unbranched alkanes of at least 4 members (excludes halogenated alkanes) is 2. The monoisotopic (exact) mass is 337 g/mol. The van der Waals surface area contributed by atoms with E-state index in [1.807, 2.05) is 4.90 Å². The Kier molecular flexibility index (Phi) is 6.99. The Morgan fingerprint density at radius 3 is 2.25 bits per heavy atom. The van der Waals surface area contributed by atoms with E-state index in [0.717, 1.165) is 31.6 Å². The second-order valence-electron chi connectivity index (χ2n) is 5.94. The number of nitrogens with zero attached hydrogens (tertiary/aromatic N) is 2. The van der Waals surface area contributed by atoms with Gasteiger partial charge in [0.15, 0.2) is 0 Å². The number of benzene rings is 1. The molecule has 0 spiro atoms. The van der Waals surface area contributed by atoms with Gasteiger partial charge in [0.05, 0.1) is 0 Å². The molecule has 2 amide bonds. The molecule has 0 aromatic heterocycles. The second-order valence-corrected chi connectivity index (χ2v) is 5.94. The van der Waals surface area contributed by atoms with Gasteiger partial charge < -0.3 is 9.80 Å². The molecule has 1 aliphatic rings. The average Bonchev–Trinajstić information content (AvgIpc) is 2.62. The molecule has 24 heavy (non-hydrogen) atoms. The molecule has 7 heteroatoms. The van der Waals surface area contributed by atoms with Gasteiger partial charge >= 0.3 is 0 Å². The van der Waals surface area contributed by atoms with E-state index in [4.69, 9.17) is 5.21 Å². The summed E-state index contributed by atoms with van der Waals surface area (Å²) in [5.41, 5.74) is 2.57. The number of hydrogen-bond donors (Lipinski definition) is 2. The van der Waals surface area contributed by atoms with Gasteiger partial charge in [0.1, 0.15) is 5.82 Å². The van der Waals surface area contributed by atoms with Crippen molar-refractivity contribution >= 4 is 17.5 Å². The summed E-state index contributed by atoms with van der Waals surface area (Å²) in [6.45, 7) is 2.83. The molecule has 1 aromatic carbocycles. The number of anilines is 1. The van der Waals surface area contributed by atoms with Crippen LogP contribution in [0.25, 0.3) is 0 Å². The van der Waals surface area contributed by atoms with Crippen molar-refractivity contribution in [1.29, 1.82) is 0 Å². The van der Waals surface area contributed by atoms with E-state index in [2.05, 4.69) is 4.90 Å². The number of nitrogens with one attached hydrogen (secondary N) is 1. The van der Waals surface area contributed by atoms with Gasteiger partial charge in [0.25, 0.3) is 0 Å². The van der Waals surface area contributed by atoms with Crippen LogP contribution in [0, 0.1) is 5.82 Å². The van der Waals surface area contributed by atoms with Gasteiger partial charge in [-0.05, 0) is 37.1 Å². The van der Waals surface area contributed by atoms with Crippen molar-refractivity contribution < 1.29 is 19.2 Å². The molecule has 0 bridgehead atoms. The highest BCUT2D eigenvalue weighted by atomic mass is 19.1. The molecule has 1 aliphatic heterocycles. The Morgan fingerprint density at radius 2 is 1.62 bits per heavy atom. The van der Waals surface area contributed by atoms with Crippen LogP contribution in [0.15, 0.2) is 24.3 Å². The molecule has 0 radical (unpaired) electrons. The number of piperazine rings is 1. The molecule has 0 saturated carbocycles. The lowest BCUT2D eigenvalue weighted by Gasteiger charge is -2.36. The molecular formula is C17H24FN3O3. The van der Waals surface area contributed by atoms with E-state index in [0.29, 0.717) is 25.9 Å². The molecule has 2 N–H and O–H groups in total. The second kappa shape index (κ2) is 9.22. The zero-order valence-corrected chi connectivity index (χ0v) is 13.7. The van der Waals surface area contributed by atoms with E-state index in [1.54, 1.807) is 17.6 Å². The third-order valence-electron chi connectivity index (χ3n) is 4.24. The maximum absolute atomic E-state index is 13.0. The molecule has 1 heterocycles. The van der Waals surface area contributed by atoms with Gasteiger partial charge in [-0.3, -0.25) is 14.8 Å². The zero-order chi connectivity index (χ0) is 17.4. The SMILES string of the molecule is O=C(CCCCCC(=O)N1CCN(c2ccc(F)cc2)CC1)NO. The van der Waals surface area contributed by atoms with E-state index >= 15 is 0 Å². The molecule has 0 unspecified atom stereocenters. The smallest absolute Gasteiger partial charge is 0.243 e. The molecule has 0 aliphatic carbocycles. The van der Waals surface area contributed by atoms with E-state index in [1.165, 1.54) is 12.1 Å². The van der Waals surface area contributed by atoms with Gasteiger partial charge in [-0.15, -0.1) is 0 Å². The zero-order valence-electron chi connectivity index (χ0n) is 13.7. The van der Waals surface area contributed by atoms with Gasteiger partial charge in [0, 0.05) is 44.7 Å². The van der Waals surface area contributed by atoms with Gasteiger partial charge in [-0.2, -0.15) is 0 Å². The first kappa shape index (κ1) is 18.2. The van der Waals surface area contributed by atoms with Crippen LogP contribution in [0.2, 0.25) is 0 Å². The van der Waals surface area contributed by atoms with Crippen molar-refractivity contribution in [2.75, 3.05) is 31.1 Å². The molecular weight excluding hydrogens is 313 g/mol. The lowest BCUT2D eigenvalue weighted by Crippen LogP contribution is -2.48. The quantitative estimate of drug-likeness (QED) is 0.453. The normalized spacial score (nSPS) is 14.6. The summed E-state index contributed by atoms with van der Waals surface area (Å²) in [5, 5.41) is 8.38. The van der Waals surface area contributed by atoms with Gasteiger partial charge in [0.2, 0.25) is 11.8 Å². The van der Waals surface area contributed by atoms with Crippen LogP contribution < -0.4 is 10.4 Å². The van der Waals surface area contributed by atoms with Crippen molar-refractivity contribution in [3.8, 4) is 0 Å². The number of amides is 2. The first-order chi connectivity index (χ1) is 11.6. The van der Waals surface area contributed by atoms with Crippen LogP contribution in [0.1, 0.15) is 32.1 Å². The summed E-state index contributed by atoms with van der Waals surface area (Å²) >= 11 is 0. The van der Waals surface area contributed by atoms with Crippen LogP contribution in [-0.2, 0) is 9.59 Å². The Morgan fingerprint density at radius 1 is 1.00 bits per heavy atom. The van der Waals surface area contributed by atoms with E-state index < -0.39 is 5.91 Å². The summed E-state index contributed by atoms with van der Waals surface area (Å²) in [5.74, 6) is -0.498. The van der Waals surface area contributed by atoms with Crippen molar-refractivity contribution in [1.82, 2.24) is 10.4 Å². The minimum Gasteiger partial charge on any atom is -0.368 e. The maximum atomic E-state index is 13.0. The first-order valence-electron chi connectivity index (χ1n) is 8.31. The van der Waals surface area contributed by atoms with Crippen molar-refractivity contribution in [3.05, 3.63) is 30.1 Å². The number of carbonyl (C=O) groups is 2. The Balaban J connectivity index is 1.65. The van der Waals surface area contributed by atoms with Gasteiger partial charge in [-0.1, -0.05) is 6.42 Å². The van der Waals surface area contributed by atoms with Crippen LogP contribution in [-0.4, -0.2) is 48.1 Å². The first-order valence-corrected chi connectivity index (χ1v) is 8.31. The number of rotatable bonds is 7. The number of carbonyl (C=O) groups excluding carboxylic acids is 2. The Bertz CT molecular complexity index is 543. The van der Waals surface area contributed by atoms with Crippen LogP contribution in [0.3, 0.4) is 0 Å². The molecule has 6 nitrogen and oxygen atoms in total. The maximum Gasteiger partial charge on any atom is 0.243 e. The predicted molar refractivity (Wildman–Crippen MR) is 88.2 cm³/mol. The number of hydroxylamine groups is 1. The topological polar surface area (TPSA) is 72.9 Å².